The number of benzene rings is 1. The SMILES string of the molecule is O=C(O)c1cc(I)ccc1N1CC(CBr)CC1=O. The highest BCUT2D eigenvalue weighted by Gasteiger charge is 2.32. The van der Waals surface area contributed by atoms with E-state index in [4.69, 9.17) is 0 Å². The van der Waals surface area contributed by atoms with Gasteiger partial charge in [0.1, 0.15) is 0 Å². The number of carbonyl (C=O) groups excluding carboxylic acids is 1. The first kappa shape index (κ1) is 13.8. The van der Waals surface area contributed by atoms with E-state index in [-0.39, 0.29) is 17.4 Å². The van der Waals surface area contributed by atoms with Crippen molar-refractivity contribution in [3.8, 4) is 0 Å². The van der Waals surface area contributed by atoms with Crippen LogP contribution in [0.1, 0.15) is 16.8 Å². The largest absolute Gasteiger partial charge is 0.478 e. The molecule has 0 bridgehead atoms. The lowest BCUT2D eigenvalue weighted by atomic mass is 10.1. The molecule has 0 saturated carbocycles. The van der Waals surface area contributed by atoms with E-state index in [1.807, 2.05) is 6.07 Å². The minimum atomic E-state index is -1.00. The van der Waals surface area contributed by atoms with E-state index >= 15 is 0 Å². The third-order valence-electron chi connectivity index (χ3n) is 2.90. The average molecular weight is 424 g/mol. The molecule has 1 heterocycles. The summed E-state index contributed by atoms with van der Waals surface area (Å²) in [6.45, 7) is 0.574. The summed E-state index contributed by atoms with van der Waals surface area (Å²) < 4.78 is 0.845. The van der Waals surface area contributed by atoms with Gasteiger partial charge in [-0.25, -0.2) is 4.79 Å². The molecular weight excluding hydrogens is 413 g/mol. The van der Waals surface area contributed by atoms with E-state index in [1.165, 1.54) is 0 Å². The first-order chi connectivity index (χ1) is 8.52. The van der Waals surface area contributed by atoms with Crippen LogP contribution in [0.15, 0.2) is 18.2 Å². The first-order valence-corrected chi connectivity index (χ1v) is 7.62. The maximum atomic E-state index is 11.9. The molecule has 1 saturated heterocycles. The fourth-order valence-electron chi connectivity index (χ4n) is 2.03. The molecule has 1 aliphatic heterocycles. The number of hydrogen-bond acceptors (Lipinski definition) is 2. The monoisotopic (exact) mass is 423 g/mol. The van der Waals surface area contributed by atoms with Gasteiger partial charge in [0, 0.05) is 21.9 Å². The molecule has 0 spiro atoms. The molecule has 2 rings (SSSR count). The van der Waals surface area contributed by atoms with Crippen molar-refractivity contribution in [2.75, 3.05) is 16.8 Å². The maximum Gasteiger partial charge on any atom is 0.337 e. The van der Waals surface area contributed by atoms with Gasteiger partial charge in [-0.1, -0.05) is 15.9 Å². The van der Waals surface area contributed by atoms with Crippen LogP contribution in [-0.2, 0) is 4.79 Å². The number of rotatable bonds is 3. The molecule has 1 unspecified atom stereocenters. The number of nitrogens with zero attached hydrogens (tertiary/aromatic N) is 1. The second-order valence-electron chi connectivity index (χ2n) is 4.20. The highest BCUT2D eigenvalue weighted by molar-refractivity contribution is 14.1. The van der Waals surface area contributed by atoms with Gasteiger partial charge in [0.15, 0.2) is 0 Å². The minimum Gasteiger partial charge on any atom is -0.478 e. The fourth-order valence-corrected chi connectivity index (χ4v) is 2.96. The van der Waals surface area contributed by atoms with Gasteiger partial charge in [-0.15, -0.1) is 0 Å². The molecule has 1 atom stereocenters. The molecule has 1 fully saturated rings. The molecule has 4 nitrogen and oxygen atoms in total. The van der Waals surface area contributed by atoms with E-state index in [9.17, 15) is 14.7 Å². The van der Waals surface area contributed by atoms with E-state index in [1.54, 1.807) is 17.0 Å². The second-order valence-corrected chi connectivity index (χ2v) is 6.09. The molecule has 96 valence electrons. The van der Waals surface area contributed by atoms with E-state index in [0.717, 1.165) is 8.90 Å². The summed E-state index contributed by atoms with van der Waals surface area (Å²) in [6, 6.07) is 5.11. The van der Waals surface area contributed by atoms with Crippen LogP contribution in [0, 0.1) is 9.49 Å². The Morgan fingerprint density at radius 1 is 1.56 bits per heavy atom. The molecular formula is C12H11BrINO3. The third-order valence-corrected chi connectivity index (χ3v) is 4.49. The molecule has 1 aromatic carbocycles. The number of carbonyl (C=O) groups is 2. The Balaban J connectivity index is 2.39. The molecule has 0 aromatic heterocycles. The molecule has 1 N–H and O–H groups in total. The van der Waals surface area contributed by atoms with Crippen molar-refractivity contribution in [3.05, 3.63) is 27.3 Å². The Kier molecular flexibility index (Phi) is 4.26. The summed E-state index contributed by atoms with van der Waals surface area (Å²) >= 11 is 5.43. The number of anilines is 1. The van der Waals surface area contributed by atoms with Crippen LogP contribution in [-0.4, -0.2) is 28.9 Å². The Morgan fingerprint density at radius 2 is 2.28 bits per heavy atom. The van der Waals surface area contributed by atoms with E-state index in [0.29, 0.717) is 18.7 Å². The maximum absolute atomic E-state index is 11.9. The van der Waals surface area contributed by atoms with Crippen molar-refractivity contribution in [1.82, 2.24) is 0 Å². The number of halogens is 2. The van der Waals surface area contributed by atoms with Gasteiger partial charge in [-0.05, 0) is 46.7 Å². The lowest BCUT2D eigenvalue weighted by Crippen LogP contribution is -2.26. The molecule has 0 radical (unpaired) electrons. The summed E-state index contributed by atoms with van der Waals surface area (Å²) in [5, 5.41) is 9.96. The zero-order valence-electron chi connectivity index (χ0n) is 9.40. The summed E-state index contributed by atoms with van der Waals surface area (Å²) in [7, 11) is 0. The van der Waals surface area contributed by atoms with Gasteiger partial charge in [-0.3, -0.25) is 4.79 Å². The Labute approximate surface area is 127 Å². The number of alkyl halides is 1. The molecule has 6 heteroatoms. The Morgan fingerprint density at radius 3 is 2.83 bits per heavy atom. The lowest BCUT2D eigenvalue weighted by molar-refractivity contribution is -0.117. The summed E-state index contributed by atoms with van der Waals surface area (Å²) in [4.78, 5) is 24.7. The van der Waals surface area contributed by atoms with Gasteiger partial charge in [0.2, 0.25) is 5.91 Å². The summed E-state index contributed by atoms with van der Waals surface area (Å²) in [5.74, 6) is -0.764. The van der Waals surface area contributed by atoms with Gasteiger partial charge < -0.3 is 10.0 Å². The van der Waals surface area contributed by atoms with Gasteiger partial charge in [-0.2, -0.15) is 0 Å². The van der Waals surface area contributed by atoms with Crippen molar-refractivity contribution in [2.24, 2.45) is 5.92 Å². The van der Waals surface area contributed by atoms with Crippen LogP contribution in [0.2, 0.25) is 0 Å². The molecule has 1 amide bonds. The average Bonchev–Trinajstić information content (AvgIpc) is 2.70. The number of amides is 1. The molecule has 0 aliphatic carbocycles. The van der Waals surface area contributed by atoms with Crippen LogP contribution < -0.4 is 4.90 Å². The number of carboxylic acid groups (broad SMARTS) is 1. The highest BCUT2D eigenvalue weighted by atomic mass is 127. The minimum absolute atomic E-state index is 0.0110. The zero-order valence-corrected chi connectivity index (χ0v) is 13.1. The summed E-state index contributed by atoms with van der Waals surface area (Å²) in [6.07, 6.45) is 0.469. The fraction of sp³-hybridized carbons (Fsp3) is 0.333. The highest BCUT2D eigenvalue weighted by Crippen LogP contribution is 2.30. The predicted octanol–water partition coefficient (Wildman–Crippen LogP) is 2.74. The zero-order chi connectivity index (χ0) is 13.3. The normalized spacial score (nSPS) is 19.3. The van der Waals surface area contributed by atoms with Crippen molar-refractivity contribution < 1.29 is 14.7 Å². The predicted molar refractivity (Wildman–Crippen MR) is 80.4 cm³/mol. The van der Waals surface area contributed by atoms with Crippen LogP contribution in [0.4, 0.5) is 5.69 Å². The second kappa shape index (κ2) is 5.56. The number of aromatic carboxylic acids is 1. The van der Waals surface area contributed by atoms with Gasteiger partial charge in [0.05, 0.1) is 11.3 Å². The van der Waals surface area contributed by atoms with Crippen LogP contribution >= 0.6 is 38.5 Å². The van der Waals surface area contributed by atoms with Crippen LogP contribution in [0.3, 0.4) is 0 Å². The van der Waals surface area contributed by atoms with Crippen molar-refractivity contribution in [1.29, 1.82) is 0 Å². The third kappa shape index (κ3) is 2.69. The Bertz CT molecular complexity index is 506. The number of hydrogen-bond donors (Lipinski definition) is 1. The molecule has 1 aliphatic rings. The van der Waals surface area contributed by atoms with Gasteiger partial charge >= 0.3 is 5.97 Å². The van der Waals surface area contributed by atoms with Crippen LogP contribution in [0.25, 0.3) is 0 Å². The molecule has 18 heavy (non-hydrogen) atoms. The molecule has 1 aromatic rings. The smallest absolute Gasteiger partial charge is 0.337 e. The van der Waals surface area contributed by atoms with Gasteiger partial charge in [0.25, 0.3) is 0 Å². The first-order valence-electron chi connectivity index (χ1n) is 5.42. The summed E-state index contributed by atoms with van der Waals surface area (Å²) in [5.41, 5.74) is 0.682. The number of carboxylic acids is 1. The van der Waals surface area contributed by atoms with Crippen molar-refractivity contribution in [2.45, 2.75) is 6.42 Å². The van der Waals surface area contributed by atoms with Crippen molar-refractivity contribution in [3.63, 3.8) is 0 Å². The van der Waals surface area contributed by atoms with Crippen LogP contribution in [0.5, 0.6) is 0 Å². The quantitative estimate of drug-likeness (QED) is 0.600. The van der Waals surface area contributed by atoms with Crippen molar-refractivity contribution >= 4 is 56.1 Å². The lowest BCUT2D eigenvalue weighted by Gasteiger charge is -2.19. The topological polar surface area (TPSA) is 57.6 Å². The standard InChI is InChI=1S/C12H11BrINO3/c13-5-7-3-11(16)15(6-7)10-2-1-8(14)4-9(10)12(17)18/h1-2,4,7H,3,5-6H2,(H,17,18). The van der Waals surface area contributed by atoms with E-state index < -0.39 is 5.97 Å². The van der Waals surface area contributed by atoms with E-state index in [2.05, 4.69) is 38.5 Å². The Hall–Kier alpha value is -0.630.